The molecule has 3 rings (SSSR count). The fourth-order valence-electron chi connectivity index (χ4n) is 4.27. The van der Waals surface area contributed by atoms with Crippen LogP contribution in [0.2, 0.25) is 0 Å². The van der Waals surface area contributed by atoms with Gasteiger partial charge in [0, 0.05) is 45.2 Å². The van der Waals surface area contributed by atoms with Crippen molar-refractivity contribution < 1.29 is 9.59 Å². The number of piperazine rings is 1. The van der Waals surface area contributed by atoms with Crippen LogP contribution in [0, 0.1) is 11.8 Å². The van der Waals surface area contributed by atoms with Crippen LogP contribution in [0.5, 0.6) is 0 Å². The SMILES string of the molecule is C=C(C)CC1C(=O)N(CCCN2CCN(Cc3ccccc3)CC2)C(=O)C1C. The smallest absolute Gasteiger partial charge is 0.233 e. The summed E-state index contributed by atoms with van der Waals surface area (Å²) in [5.41, 5.74) is 2.33. The van der Waals surface area contributed by atoms with Crippen LogP contribution in [0.3, 0.4) is 0 Å². The fourth-order valence-corrected chi connectivity index (χ4v) is 4.27. The van der Waals surface area contributed by atoms with Crippen LogP contribution in [-0.4, -0.2) is 65.8 Å². The number of imide groups is 1. The summed E-state index contributed by atoms with van der Waals surface area (Å²) in [4.78, 5) is 31.5. The molecule has 0 spiro atoms. The molecule has 2 saturated heterocycles. The molecular formula is C23H33N3O2. The molecule has 2 aliphatic rings. The van der Waals surface area contributed by atoms with Gasteiger partial charge in [0.15, 0.2) is 0 Å². The summed E-state index contributed by atoms with van der Waals surface area (Å²) in [7, 11) is 0. The molecule has 152 valence electrons. The lowest BCUT2D eigenvalue weighted by atomic mass is 9.91. The number of nitrogens with zero attached hydrogens (tertiary/aromatic N) is 3. The predicted molar refractivity (Wildman–Crippen MR) is 112 cm³/mol. The molecule has 5 heteroatoms. The van der Waals surface area contributed by atoms with E-state index < -0.39 is 0 Å². The lowest BCUT2D eigenvalue weighted by Gasteiger charge is -2.35. The average Bonchev–Trinajstić information content (AvgIpc) is 2.88. The van der Waals surface area contributed by atoms with Crippen molar-refractivity contribution in [3.05, 3.63) is 48.0 Å². The summed E-state index contributed by atoms with van der Waals surface area (Å²) in [5.74, 6) is -0.450. The third-order valence-corrected chi connectivity index (χ3v) is 5.98. The molecule has 0 N–H and O–H groups in total. The minimum Gasteiger partial charge on any atom is -0.301 e. The Hall–Kier alpha value is -1.98. The highest BCUT2D eigenvalue weighted by molar-refractivity contribution is 6.05. The van der Waals surface area contributed by atoms with Crippen LogP contribution in [0.1, 0.15) is 32.3 Å². The number of allylic oxidation sites excluding steroid dienone is 1. The van der Waals surface area contributed by atoms with E-state index in [1.165, 1.54) is 10.5 Å². The van der Waals surface area contributed by atoms with Crippen molar-refractivity contribution in [1.82, 2.24) is 14.7 Å². The molecule has 5 nitrogen and oxygen atoms in total. The molecule has 1 aromatic carbocycles. The fraction of sp³-hybridized carbons (Fsp3) is 0.565. The maximum absolute atomic E-state index is 12.6. The van der Waals surface area contributed by atoms with Crippen molar-refractivity contribution in [2.75, 3.05) is 39.3 Å². The normalized spacial score (nSPS) is 24.1. The van der Waals surface area contributed by atoms with Gasteiger partial charge in [-0.15, -0.1) is 6.58 Å². The highest BCUT2D eigenvalue weighted by atomic mass is 16.2. The summed E-state index contributed by atoms with van der Waals surface area (Å²) in [6, 6.07) is 10.6. The summed E-state index contributed by atoms with van der Waals surface area (Å²) in [5, 5.41) is 0. The highest BCUT2D eigenvalue weighted by Gasteiger charge is 2.44. The van der Waals surface area contributed by atoms with Gasteiger partial charge < -0.3 is 4.90 Å². The monoisotopic (exact) mass is 383 g/mol. The molecule has 2 atom stereocenters. The lowest BCUT2D eigenvalue weighted by Crippen LogP contribution is -2.46. The van der Waals surface area contributed by atoms with Gasteiger partial charge in [-0.05, 0) is 31.9 Å². The van der Waals surface area contributed by atoms with Crippen LogP contribution >= 0.6 is 0 Å². The second-order valence-corrected chi connectivity index (χ2v) is 8.34. The summed E-state index contributed by atoms with van der Waals surface area (Å²) in [6.07, 6.45) is 1.47. The lowest BCUT2D eigenvalue weighted by molar-refractivity contribution is -0.139. The highest BCUT2D eigenvalue weighted by Crippen LogP contribution is 2.30. The van der Waals surface area contributed by atoms with Gasteiger partial charge >= 0.3 is 0 Å². The predicted octanol–water partition coefficient (Wildman–Crippen LogP) is 2.78. The quantitative estimate of drug-likeness (QED) is 0.511. The van der Waals surface area contributed by atoms with Gasteiger partial charge in [-0.3, -0.25) is 19.4 Å². The zero-order chi connectivity index (χ0) is 20.1. The van der Waals surface area contributed by atoms with Gasteiger partial charge in [0.1, 0.15) is 0 Å². The minimum atomic E-state index is -0.217. The topological polar surface area (TPSA) is 43.9 Å². The summed E-state index contributed by atoms with van der Waals surface area (Å²) >= 11 is 0. The van der Waals surface area contributed by atoms with Gasteiger partial charge in [0.2, 0.25) is 11.8 Å². The van der Waals surface area contributed by atoms with E-state index in [0.29, 0.717) is 13.0 Å². The number of hydrogen-bond acceptors (Lipinski definition) is 4. The molecule has 2 heterocycles. The third-order valence-electron chi connectivity index (χ3n) is 5.98. The van der Waals surface area contributed by atoms with E-state index in [4.69, 9.17) is 0 Å². The number of likely N-dealkylation sites (tertiary alicyclic amines) is 1. The Labute approximate surface area is 169 Å². The van der Waals surface area contributed by atoms with E-state index in [9.17, 15) is 9.59 Å². The van der Waals surface area contributed by atoms with Crippen LogP contribution in [0.15, 0.2) is 42.5 Å². The number of benzene rings is 1. The zero-order valence-corrected chi connectivity index (χ0v) is 17.3. The van der Waals surface area contributed by atoms with Crippen molar-refractivity contribution in [3.8, 4) is 0 Å². The number of carbonyl (C=O) groups is 2. The van der Waals surface area contributed by atoms with Crippen molar-refractivity contribution in [3.63, 3.8) is 0 Å². The second-order valence-electron chi connectivity index (χ2n) is 8.34. The molecule has 2 amide bonds. The first-order chi connectivity index (χ1) is 13.5. The standard InChI is InChI=1S/C23H33N3O2/c1-18(2)16-21-19(3)22(27)26(23(21)28)11-7-10-24-12-14-25(15-13-24)17-20-8-5-4-6-9-20/h4-6,8-9,19,21H,1,7,10-17H2,2-3H3. The first-order valence-corrected chi connectivity index (χ1v) is 10.4. The van der Waals surface area contributed by atoms with Crippen molar-refractivity contribution in [1.29, 1.82) is 0 Å². The minimum absolute atomic E-state index is 0.00631. The summed E-state index contributed by atoms with van der Waals surface area (Å²) in [6.45, 7) is 14.4. The van der Waals surface area contributed by atoms with Crippen molar-refractivity contribution >= 4 is 11.8 Å². The first kappa shape index (κ1) is 20.7. The van der Waals surface area contributed by atoms with Crippen LogP contribution in [0.25, 0.3) is 0 Å². The van der Waals surface area contributed by atoms with E-state index in [0.717, 1.165) is 51.3 Å². The Morgan fingerprint density at radius 2 is 1.64 bits per heavy atom. The molecule has 0 bridgehead atoms. The molecule has 0 radical (unpaired) electrons. The number of rotatable bonds is 8. The maximum Gasteiger partial charge on any atom is 0.233 e. The Morgan fingerprint density at radius 3 is 2.29 bits per heavy atom. The second kappa shape index (κ2) is 9.48. The van der Waals surface area contributed by atoms with Crippen molar-refractivity contribution in [2.24, 2.45) is 11.8 Å². The zero-order valence-electron chi connectivity index (χ0n) is 17.3. The molecule has 2 unspecified atom stereocenters. The van der Waals surface area contributed by atoms with E-state index in [2.05, 4.69) is 46.7 Å². The van der Waals surface area contributed by atoms with Crippen LogP contribution in [-0.2, 0) is 16.1 Å². The Bertz CT molecular complexity index is 695. The molecule has 2 fully saturated rings. The van der Waals surface area contributed by atoms with Gasteiger partial charge in [0.25, 0.3) is 0 Å². The first-order valence-electron chi connectivity index (χ1n) is 10.4. The Kier molecular flexibility index (Phi) is 7.03. The largest absolute Gasteiger partial charge is 0.301 e. The molecule has 2 aliphatic heterocycles. The molecule has 1 aromatic rings. The molecule has 28 heavy (non-hydrogen) atoms. The Morgan fingerprint density at radius 1 is 1.00 bits per heavy atom. The van der Waals surface area contributed by atoms with Gasteiger partial charge in [-0.25, -0.2) is 0 Å². The van der Waals surface area contributed by atoms with E-state index >= 15 is 0 Å². The van der Waals surface area contributed by atoms with Gasteiger partial charge in [-0.1, -0.05) is 42.8 Å². The van der Waals surface area contributed by atoms with E-state index in [-0.39, 0.29) is 23.7 Å². The van der Waals surface area contributed by atoms with Crippen LogP contribution in [0.4, 0.5) is 0 Å². The molecular weight excluding hydrogens is 350 g/mol. The average molecular weight is 384 g/mol. The van der Waals surface area contributed by atoms with E-state index in [1.807, 2.05) is 13.8 Å². The maximum atomic E-state index is 12.6. The molecule has 0 aliphatic carbocycles. The van der Waals surface area contributed by atoms with E-state index in [1.54, 1.807) is 0 Å². The summed E-state index contributed by atoms with van der Waals surface area (Å²) < 4.78 is 0. The van der Waals surface area contributed by atoms with Gasteiger partial charge in [-0.2, -0.15) is 0 Å². The molecule has 0 saturated carbocycles. The van der Waals surface area contributed by atoms with Crippen molar-refractivity contribution in [2.45, 2.75) is 33.2 Å². The third kappa shape index (κ3) is 5.09. The number of carbonyl (C=O) groups excluding carboxylic acids is 2. The van der Waals surface area contributed by atoms with Gasteiger partial charge in [0.05, 0.1) is 5.92 Å². The number of amides is 2. The number of hydrogen-bond donors (Lipinski definition) is 0. The Balaban J connectivity index is 1.39. The molecule has 0 aromatic heterocycles. The van der Waals surface area contributed by atoms with Crippen LogP contribution < -0.4 is 0 Å².